The zero-order valence-corrected chi connectivity index (χ0v) is 14.3. The monoisotopic (exact) mass is 333 g/mol. The Morgan fingerprint density at radius 2 is 2.14 bits per heavy atom. The maximum absolute atomic E-state index is 12.4. The van der Waals surface area contributed by atoms with Gasteiger partial charge in [0.15, 0.2) is 0 Å². The summed E-state index contributed by atoms with van der Waals surface area (Å²) in [5.74, 6) is 0.470. The Kier molecular flexibility index (Phi) is 7.27. The molecular formula is C13H23N3O3S2. The van der Waals surface area contributed by atoms with Gasteiger partial charge >= 0.3 is 0 Å². The number of pyridine rings is 1. The maximum Gasteiger partial charge on any atom is 0.244 e. The van der Waals surface area contributed by atoms with E-state index in [1.54, 1.807) is 25.4 Å². The molecule has 2 atom stereocenters. The summed E-state index contributed by atoms with van der Waals surface area (Å²) in [5.41, 5.74) is 0.547. The van der Waals surface area contributed by atoms with Crippen LogP contribution in [-0.2, 0) is 20.8 Å². The SMILES string of the molecule is CCCNc1ccncc1S(=O)(=O)NC(C)CCS(C)=O. The largest absolute Gasteiger partial charge is 0.384 e. The van der Waals surface area contributed by atoms with E-state index in [9.17, 15) is 12.6 Å². The molecule has 0 saturated carbocycles. The van der Waals surface area contributed by atoms with Crippen LogP contribution in [0.2, 0.25) is 0 Å². The highest BCUT2D eigenvalue weighted by atomic mass is 32.2. The van der Waals surface area contributed by atoms with Crippen molar-refractivity contribution >= 4 is 26.5 Å². The van der Waals surface area contributed by atoms with Gasteiger partial charge in [-0.2, -0.15) is 0 Å². The van der Waals surface area contributed by atoms with E-state index in [2.05, 4.69) is 15.0 Å². The third kappa shape index (κ3) is 6.11. The molecule has 1 rings (SSSR count). The van der Waals surface area contributed by atoms with Crippen molar-refractivity contribution in [3.63, 3.8) is 0 Å². The van der Waals surface area contributed by atoms with Crippen molar-refractivity contribution in [3.05, 3.63) is 18.5 Å². The van der Waals surface area contributed by atoms with Crippen LogP contribution in [0.25, 0.3) is 0 Å². The molecule has 0 aromatic carbocycles. The van der Waals surface area contributed by atoms with Crippen molar-refractivity contribution in [2.45, 2.75) is 37.6 Å². The molecule has 0 aliphatic heterocycles. The molecule has 0 saturated heterocycles. The minimum atomic E-state index is -3.64. The topological polar surface area (TPSA) is 88.2 Å². The first-order valence-corrected chi connectivity index (χ1v) is 10.1. The third-order valence-electron chi connectivity index (χ3n) is 2.83. The van der Waals surface area contributed by atoms with E-state index in [-0.39, 0.29) is 10.9 Å². The summed E-state index contributed by atoms with van der Waals surface area (Å²) < 4.78 is 38.5. The highest BCUT2D eigenvalue weighted by Crippen LogP contribution is 2.19. The van der Waals surface area contributed by atoms with Crippen LogP contribution in [0.15, 0.2) is 23.4 Å². The van der Waals surface area contributed by atoms with E-state index < -0.39 is 20.8 Å². The van der Waals surface area contributed by atoms with Crippen LogP contribution in [-0.4, -0.2) is 42.2 Å². The first-order chi connectivity index (χ1) is 9.86. The molecule has 1 heterocycles. The minimum Gasteiger partial charge on any atom is -0.384 e. The number of sulfonamides is 1. The van der Waals surface area contributed by atoms with E-state index in [0.717, 1.165) is 6.42 Å². The Bertz CT molecular complexity index is 576. The molecule has 120 valence electrons. The van der Waals surface area contributed by atoms with Crippen molar-refractivity contribution in [1.29, 1.82) is 0 Å². The molecule has 0 bridgehead atoms. The molecule has 0 amide bonds. The van der Waals surface area contributed by atoms with E-state index in [4.69, 9.17) is 0 Å². The lowest BCUT2D eigenvalue weighted by Crippen LogP contribution is -2.34. The predicted molar refractivity (Wildman–Crippen MR) is 86.4 cm³/mol. The van der Waals surface area contributed by atoms with Crippen molar-refractivity contribution in [3.8, 4) is 0 Å². The summed E-state index contributed by atoms with van der Waals surface area (Å²) in [5, 5.41) is 3.08. The van der Waals surface area contributed by atoms with Crippen LogP contribution in [0.5, 0.6) is 0 Å². The number of hydrogen-bond donors (Lipinski definition) is 2. The van der Waals surface area contributed by atoms with Crippen LogP contribution < -0.4 is 10.0 Å². The summed E-state index contributed by atoms with van der Waals surface area (Å²) in [6.07, 6.45) is 5.93. The molecule has 0 aliphatic rings. The minimum absolute atomic E-state index is 0.142. The molecule has 8 heteroatoms. The lowest BCUT2D eigenvalue weighted by atomic mass is 10.3. The van der Waals surface area contributed by atoms with Gasteiger partial charge in [-0.1, -0.05) is 6.92 Å². The number of aromatic nitrogens is 1. The summed E-state index contributed by atoms with van der Waals surface area (Å²) in [6, 6.07) is 1.37. The fraction of sp³-hybridized carbons (Fsp3) is 0.615. The molecular weight excluding hydrogens is 310 g/mol. The predicted octanol–water partition coefficient (Wildman–Crippen LogP) is 1.34. The molecule has 0 radical (unpaired) electrons. The van der Waals surface area contributed by atoms with Crippen molar-refractivity contribution in [2.24, 2.45) is 0 Å². The second-order valence-corrected chi connectivity index (χ2v) is 8.12. The quantitative estimate of drug-likeness (QED) is 0.712. The van der Waals surface area contributed by atoms with Gasteiger partial charge < -0.3 is 5.32 Å². The Morgan fingerprint density at radius 1 is 1.43 bits per heavy atom. The zero-order valence-electron chi connectivity index (χ0n) is 12.6. The number of rotatable bonds is 9. The van der Waals surface area contributed by atoms with Gasteiger partial charge in [-0.25, -0.2) is 13.1 Å². The number of anilines is 1. The summed E-state index contributed by atoms with van der Waals surface area (Å²) in [7, 11) is -4.57. The van der Waals surface area contributed by atoms with E-state index in [1.807, 2.05) is 6.92 Å². The number of nitrogens with one attached hydrogen (secondary N) is 2. The molecule has 2 N–H and O–H groups in total. The molecule has 1 aromatic heterocycles. The molecule has 2 unspecified atom stereocenters. The van der Waals surface area contributed by atoms with E-state index >= 15 is 0 Å². The molecule has 0 spiro atoms. The van der Waals surface area contributed by atoms with Gasteiger partial charge in [0.25, 0.3) is 0 Å². The lowest BCUT2D eigenvalue weighted by molar-refractivity contribution is 0.555. The van der Waals surface area contributed by atoms with Crippen LogP contribution in [0, 0.1) is 0 Å². The zero-order chi connectivity index (χ0) is 15.9. The van der Waals surface area contributed by atoms with Gasteiger partial charge in [0, 0.05) is 47.8 Å². The standard InChI is InChI=1S/C13H23N3O3S2/c1-4-7-15-12-5-8-14-10-13(12)21(18,19)16-11(2)6-9-20(3)17/h5,8,10-11,16H,4,6-7,9H2,1-3H3,(H,14,15). The summed E-state index contributed by atoms with van der Waals surface area (Å²) in [6.45, 7) is 4.46. The van der Waals surface area contributed by atoms with Crippen LogP contribution in [0.1, 0.15) is 26.7 Å². The first-order valence-electron chi connectivity index (χ1n) is 6.87. The van der Waals surface area contributed by atoms with Gasteiger partial charge in [-0.3, -0.25) is 9.19 Å². The lowest BCUT2D eigenvalue weighted by Gasteiger charge is -2.16. The van der Waals surface area contributed by atoms with Gasteiger partial charge in [0.05, 0.1) is 5.69 Å². The second-order valence-electron chi connectivity index (χ2n) is 4.89. The average molecular weight is 333 g/mol. The maximum atomic E-state index is 12.4. The van der Waals surface area contributed by atoms with Crippen molar-refractivity contribution in [1.82, 2.24) is 9.71 Å². The summed E-state index contributed by atoms with van der Waals surface area (Å²) in [4.78, 5) is 4.04. The fourth-order valence-electron chi connectivity index (χ4n) is 1.73. The molecule has 0 aliphatic carbocycles. The third-order valence-corrected chi connectivity index (χ3v) is 5.26. The fourth-order valence-corrected chi connectivity index (χ4v) is 3.82. The highest BCUT2D eigenvalue weighted by molar-refractivity contribution is 7.89. The Labute approximate surface area is 129 Å². The van der Waals surface area contributed by atoms with E-state index in [0.29, 0.717) is 24.4 Å². The smallest absolute Gasteiger partial charge is 0.244 e. The Balaban J connectivity index is 2.84. The highest BCUT2D eigenvalue weighted by Gasteiger charge is 2.21. The van der Waals surface area contributed by atoms with Gasteiger partial charge in [0.1, 0.15) is 4.90 Å². The van der Waals surface area contributed by atoms with Crippen LogP contribution in [0.4, 0.5) is 5.69 Å². The van der Waals surface area contributed by atoms with Gasteiger partial charge in [0.2, 0.25) is 10.0 Å². The second kappa shape index (κ2) is 8.45. The Hall–Kier alpha value is -0.990. The molecule has 0 fully saturated rings. The summed E-state index contributed by atoms with van der Waals surface area (Å²) >= 11 is 0. The van der Waals surface area contributed by atoms with Crippen molar-refractivity contribution < 1.29 is 12.6 Å². The molecule has 21 heavy (non-hydrogen) atoms. The van der Waals surface area contributed by atoms with Crippen LogP contribution >= 0.6 is 0 Å². The average Bonchev–Trinajstić information content (AvgIpc) is 2.42. The van der Waals surface area contributed by atoms with Gasteiger partial charge in [-0.15, -0.1) is 0 Å². The molecule has 6 nitrogen and oxygen atoms in total. The number of nitrogens with zero attached hydrogens (tertiary/aromatic N) is 1. The normalized spacial score (nSPS) is 14.6. The van der Waals surface area contributed by atoms with Crippen LogP contribution in [0.3, 0.4) is 0 Å². The van der Waals surface area contributed by atoms with Crippen molar-refractivity contribution in [2.75, 3.05) is 23.9 Å². The number of hydrogen-bond acceptors (Lipinski definition) is 5. The van der Waals surface area contributed by atoms with Gasteiger partial charge in [-0.05, 0) is 25.8 Å². The molecule has 1 aromatic rings. The van der Waals surface area contributed by atoms with E-state index in [1.165, 1.54) is 6.20 Å². The first kappa shape index (κ1) is 18.1. The Morgan fingerprint density at radius 3 is 2.76 bits per heavy atom.